The number of rotatable bonds is 6. The van der Waals surface area contributed by atoms with E-state index in [1.165, 1.54) is 0 Å². The second-order valence-corrected chi connectivity index (χ2v) is 3.67. The van der Waals surface area contributed by atoms with Crippen LogP contribution in [-0.4, -0.2) is 31.7 Å². The minimum Gasteiger partial charge on any atom is -0.371 e. The zero-order chi connectivity index (χ0) is 10.5. The molecule has 0 saturated carbocycles. The number of benzene rings is 1. The van der Waals surface area contributed by atoms with Crippen LogP contribution in [0.25, 0.3) is 0 Å². The van der Waals surface area contributed by atoms with Crippen molar-refractivity contribution < 1.29 is 14.3 Å². The molecule has 3 heteroatoms. The van der Waals surface area contributed by atoms with Crippen molar-refractivity contribution in [1.82, 2.24) is 0 Å². The van der Waals surface area contributed by atoms with E-state index in [2.05, 4.69) is 0 Å². The summed E-state index contributed by atoms with van der Waals surface area (Å²) in [6.45, 7) is 1.50. The van der Waals surface area contributed by atoms with Crippen molar-refractivity contribution in [2.24, 2.45) is 0 Å². The third-order valence-electron chi connectivity index (χ3n) is 2.21. The molecule has 1 atom stereocenters. The number of hydrogen-bond acceptors (Lipinski definition) is 3. The lowest BCUT2D eigenvalue weighted by atomic mass is 10.1. The van der Waals surface area contributed by atoms with Gasteiger partial charge in [-0.05, 0) is 5.56 Å². The van der Waals surface area contributed by atoms with E-state index in [9.17, 15) is 4.79 Å². The van der Waals surface area contributed by atoms with E-state index in [-0.39, 0.29) is 18.5 Å². The van der Waals surface area contributed by atoms with E-state index in [0.29, 0.717) is 13.0 Å². The maximum absolute atomic E-state index is 11.4. The van der Waals surface area contributed by atoms with Gasteiger partial charge in [0.05, 0.1) is 13.2 Å². The molecule has 80 valence electrons. The van der Waals surface area contributed by atoms with Gasteiger partial charge in [0.1, 0.15) is 12.7 Å². The molecule has 0 N–H and O–H groups in total. The van der Waals surface area contributed by atoms with E-state index in [1.807, 2.05) is 30.3 Å². The Morgan fingerprint density at radius 1 is 1.40 bits per heavy atom. The summed E-state index contributed by atoms with van der Waals surface area (Å²) >= 11 is 0. The van der Waals surface area contributed by atoms with Crippen LogP contribution in [0.5, 0.6) is 0 Å². The molecule has 0 bridgehead atoms. The molecule has 2 rings (SSSR count). The van der Waals surface area contributed by atoms with E-state index in [0.717, 1.165) is 12.2 Å². The smallest absolute Gasteiger partial charge is 0.162 e. The molecule has 0 aromatic heterocycles. The SMILES string of the molecule is O=C(COCC1CO1)Cc1ccccc1. The molecule has 0 amide bonds. The predicted molar refractivity (Wildman–Crippen MR) is 55.7 cm³/mol. The summed E-state index contributed by atoms with van der Waals surface area (Å²) < 4.78 is 10.2. The molecular weight excluding hydrogens is 192 g/mol. The Labute approximate surface area is 89.0 Å². The monoisotopic (exact) mass is 206 g/mol. The highest BCUT2D eigenvalue weighted by Crippen LogP contribution is 2.08. The molecule has 3 nitrogen and oxygen atoms in total. The summed E-state index contributed by atoms with van der Waals surface area (Å²) in [4.78, 5) is 11.4. The highest BCUT2D eigenvalue weighted by atomic mass is 16.6. The van der Waals surface area contributed by atoms with Gasteiger partial charge in [-0.3, -0.25) is 4.79 Å². The van der Waals surface area contributed by atoms with Gasteiger partial charge in [0.15, 0.2) is 5.78 Å². The summed E-state index contributed by atoms with van der Waals surface area (Å²) in [6, 6.07) is 9.70. The zero-order valence-electron chi connectivity index (χ0n) is 8.52. The first-order valence-electron chi connectivity index (χ1n) is 5.09. The molecule has 1 heterocycles. The fourth-order valence-corrected chi connectivity index (χ4v) is 1.34. The first-order valence-corrected chi connectivity index (χ1v) is 5.09. The van der Waals surface area contributed by atoms with Gasteiger partial charge >= 0.3 is 0 Å². The van der Waals surface area contributed by atoms with Gasteiger partial charge < -0.3 is 9.47 Å². The van der Waals surface area contributed by atoms with Crippen molar-refractivity contribution in [3.63, 3.8) is 0 Å². The van der Waals surface area contributed by atoms with Gasteiger partial charge in [-0.2, -0.15) is 0 Å². The third-order valence-corrected chi connectivity index (χ3v) is 2.21. The molecule has 0 radical (unpaired) electrons. The van der Waals surface area contributed by atoms with Crippen molar-refractivity contribution in [2.75, 3.05) is 19.8 Å². The minimum absolute atomic E-state index is 0.113. The third kappa shape index (κ3) is 3.81. The van der Waals surface area contributed by atoms with Gasteiger partial charge in [-0.25, -0.2) is 0 Å². The van der Waals surface area contributed by atoms with Crippen LogP contribution in [0.1, 0.15) is 5.56 Å². The molecule has 1 aromatic carbocycles. The van der Waals surface area contributed by atoms with Crippen molar-refractivity contribution in [3.05, 3.63) is 35.9 Å². The minimum atomic E-state index is 0.113. The van der Waals surface area contributed by atoms with Crippen molar-refractivity contribution in [1.29, 1.82) is 0 Å². The Morgan fingerprint density at radius 3 is 2.80 bits per heavy atom. The number of Topliss-reactive ketones (excluding diaryl/α,β-unsaturated/α-hetero) is 1. The van der Waals surface area contributed by atoms with Crippen molar-refractivity contribution >= 4 is 5.78 Å². The summed E-state index contributed by atoms with van der Waals surface area (Å²) in [7, 11) is 0. The molecule has 1 aliphatic heterocycles. The second kappa shape index (κ2) is 5.05. The molecule has 1 saturated heterocycles. The van der Waals surface area contributed by atoms with Crippen molar-refractivity contribution in [2.45, 2.75) is 12.5 Å². The maximum Gasteiger partial charge on any atom is 0.162 e. The summed E-state index contributed by atoms with van der Waals surface area (Å²) in [5.74, 6) is 0.113. The number of carbonyl (C=O) groups is 1. The molecule has 0 spiro atoms. The van der Waals surface area contributed by atoms with Crippen LogP contribution >= 0.6 is 0 Å². The Kier molecular flexibility index (Phi) is 3.48. The Balaban J connectivity index is 1.67. The summed E-state index contributed by atoms with van der Waals surface area (Å²) in [6.07, 6.45) is 0.682. The molecular formula is C12H14O3. The standard InChI is InChI=1S/C12H14O3/c13-11(7-14-8-12-9-15-12)6-10-4-2-1-3-5-10/h1-5,12H,6-9H2. The molecule has 0 aliphatic carbocycles. The van der Waals surface area contributed by atoms with Crippen LogP contribution in [0.3, 0.4) is 0 Å². The van der Waals surface area contributed by atoms with E-state index >= 15 is 0 Å². The van der Waals surface area contributed by atoms with Gasteiger partial charge in [0, 0.05) is 6.42 Å². The molecule has 1 aliphatic rings. The summed E-state index contributed by atoms with van der Waals surface area (Å²) in [5.41, 5.74) is 1.04. The van der Waals surface area contributed by atoms with Gasteiger partial charge in [0.2, 0.25) is 0 Å². The molecule has 15 heavy (non-hydrogen) atoms. The Morgan fingerprint density at radius 2 is 2.13 bits per heavy atom. The molecule has 1 fully saturated rings. The van der Waals surface area contributed by atoms with Gasteiger partial charge in [-0.15, -0.1) is 0 Å². The van der Waals surface area contributed by atoms with Gasteiger partial charge in [-0.1, -0.05) is 30.3 Å². The van der Waals surface area contributed by atoms with E-state index in [1.54, 1.807) is 0 Å². The van der Waals surface area contributed by atoms with Crippen LogP contribution in [-0.2, 0) is 20.7 Å². The lowest BCUT2D eigenvalue weighted by molar-refractivity contribution is -0.123. The number of ketones is 1. The Hall–Kier alpha value is -1.19. The number of epoxide rings is 1. The van der Waals surface area contributed by atoms with Crippen LogP contribution < -0.4 is 0 Å². The van der Waals surface area contributed by atoms with Crippen LogP contribution in [0.15, 0.2) is 30.3 Å². The zero-order valence-corrected chi connectivity index (χ0v) is 8.52. The number of hydrogen-bond donors (Lipinski definition) is 0. The first kappa shape index (κ1) is 10.3. The maximum atomic E-state index is 11.4. The molecule has 1 unspecified atom stereocenters. The number of carbonyl (C=O) groups excluding carboxylic acids is 1. The number of ether oxygens (including phenoxy) is 2. The lowest BCUT2D eigenvalue weighted by Crippen LogP contribution is -2.13. The van der Waals surface area contributed by atoms with Crippen molar-refractivity contribution in [3.8, 4) is 0 Å². The first-order chi connectivity index (χ1) is 7.34. The predicted octanol–water partition coefficient (Wildman–Crippen LogP) is 1.21. The normalized spacial score (nSPS) is 18.8. The summed E-state index contributed by atoms with van der Waals surface area (Å²) in [5, 5.41) is 0. The van der Waals surface area contributed by atoms with Crippen LogP contribution in [0.4, 0.5) is 0 Å². The van der Waals surface area contributed by atoms with Crippen LogP contribution in [0.2, 0.25) is 0 Å². The molecule has 1 aromatic rings. The van der Waals surface area contributed by atoms with E-state index < -0.39 is 0 Å². The fraction of sp³-hybridized carbons (Fsp3) is 0.417. The van der Waals surface area contributed by atoms with E-state index in [4.69, 9.17) is 9.47 Å². The lowest BCUT2D eigenvalue weighted by Gasteiger charge is -2.01. The highest BCUT2D eigenvalue weighted by Gasteiger charge is 2.22. The second-order valence-electron chi connectivity index (χ2n) is 3.67. The fourth-order valence-electron chi connectivity index (χ4n) is 1.34. The highest BCUT2D eigenvalue weighted by molar-refractivity contribution is 5.82. The van der Waals surface area contributed by atoms with Gasteiger partial charge in [0.25, 0.3) is 0 Å². The van der Waals surface area contributed by atoms with Crippen LogP contribution in [0, 0.1) is 0 Å². The largest absolute Gasteiger partial charge is 0.371 e. The average Bonchev–Trinajstić information content (AvgIpc) is 3.03. The quantitative estimate of drug-likeness (QED) is 0.657. The topological polar surface area (TPSA) is 38.8 Å². The Bertz CT molecular complexity index is 317. The average molecular weight is 206 g/mol.